The number of nitrogens with two attached hydrogens (primary N) is 1. The lowest BCUT2D eigenvalue weighted by molar-refractivity contribution is 0.00428. The van der Waals surface area contributed by atoms with Crippen molar-refractivity contribution in [1.29, 1.82) is 0 Å². The Hall–Kier alpha value is -0.780. The number of rotatable bonds is 6. The first-order valence-corrected chi connectivity index (χ1v) is 11.0. The number of benzene rings is 1. The first-order chi connectivity index (χ1) is 12.6. The summed E-state index contributed by atoms with van der Waals surface area (Å²) < 4.78 is 7.06. The van der Waals surface area contributed by atoms with E-state index in [2.05, 4.69) is 46.1 Å². The molecule has 0 spiro atoms. The Labute approximate surface area is 167 Å². The van der Waals surface area contributed by atoms with Crippen LogP contribution in [0.4, 0.5) is 11.4 Å². The Balaban J connectivity index is 1.44. The molecule has 3 rings (SSSR count). The Bertz CT molecular complexity index is 579. The van der Waals surface area contributed by atoms with Gasteiger partial charge in [0.15, 0.2) is 0 Å². The highest BCUT2D eigenvalue weighted by atomic mass is 79.9. The SMILES string of the molecule is CCCOC1CCC(N2CCC(Nc3cc(Br)c(C)cc3N)CC2)CC1. The third-order valence-electron chi connectivity index (χ3n) is 5.94. The fourth-order valence-corrected chi connectivity index (χ4v) is 4.66. The van der Waals surface area contributed by atoms with Gasteiger partial charge in [-0.3, -0.25) is 0 Å². The zero-order chi connectivity index (χ0) is 18.5. The summed E-state index contributed by atoms with van der Waals surface area (Å²) in [5, 5.41) is 3.67. The molecule has 3 N–H and O–H groups in total. The van der Waals surface area contributed by atoms with Crippen LogP contribution in [0.1, 0.15) is 57.4 Å². The summed E-state index contributed by atoms with van der Waals surface area (Å²) in [4.78, 5) is 2.71. The summed E-state index contributed by atoms with van der Waals surface area (Å²) in [6.45, 7) is 7.56. The van der Waals surface area contributed by atoms with Crippen molar-refractivity contribution in [2.24, 2.45) is 0 Å². The highest BCUT2D eigenvalue weighted by Gasteiger charge is 2.29. The fourth-order valence-electron chi connectivity index (χ4n) is 4.32. The second-order valence-corrected chi connectivity index (χ2v) is 8.80. The number of nitrogen functional groups attached to an aromatic ring is 1. The van der Waals surface area contributed by atoms with Crippen LogP contribution in [0, 0.1) is 6.92 Å². The average molecular weight is 424 g/mol. The Morgan fingerprint density at radius 1 is 1.15 bits per heavy atom. The maximum Gasteiger partial charge on any atom is 0.0587 e. The van der Waals surface area contributed by atoms with Gasteiger partial charge in [-0.15, -0.1) is 0 Å². The molecular formula is C21H34BrN3O. The number of hydrogen-bond acceptors (Lipinski definition) is 4. The van der Waals surface area contributed by atoms with Crippen LogP contribution in [0.15, 0.2) is 16.6 Å². The van der Waals surface area contributed by atoms with E-state index in [1.165, 1.54) is 57.2 Å². The molecule has 1 aliphatic heterocycles. The standard InChI is InChI=1S/C21H34BrN3O/c1-3-12-26-18-6-4-17(5-7-18)25-10-8-16(9-11-25)24-21-14-19(22)15(2)13-20(21)23/h13-14,16-18,24H,3-12,23H2,1-2H3. The Morgan fingerprint density at radius 3 is 2.50 bits per heavy atom. The molecule has 0 unspecified atom stereocenters. The molecule has 0 radical (unpaired) electrons. The highest BCUT2D eigenvalue weighted by molar-refractivity contribution is 9.10. The summed E-state index contributed by atoms with van der Waals surface area (Å²) in [5.41, 5.74) is 9.29. The number of nitrogens with zero attached hydrogens (tertiary/aromatic N) is 1. The number of halogens is 1. The van der Waals surface area contributed by atoms with Crippen LogP contribution >= 0.6 is 15.9 Å². The predicted octanol–water partition coefficient (Wildman–Crippen LogP) is 4.95. The van der Waals surface area contributed by atoms with Crippen LogP contribution in [0.25, 0.3) is 0 Å². The van der Waals surface area contributed by atoms with Crippen molar-refractivity contribution in [3.05, 3.63) is 22.2 Å². The van der Waals surface area contributed by atoms with Gasteiger partial charge in [0.1, 0.15) is 0 Å². The largest absolute Gasteiger partial charge is 0.397 e. The molecule has 0 bridgehead atoms. The number of hydrogen-bond donors (Lipinski definition) is 2. The van der Waals surface area contributed by atoms with E-state index in [9.17, 15) is 0 Å². The van der Waals surface area contributed by atoms with Gasteiger partial charge in [-0.1, -0.05) is 22.9 Å². The van der Waals surface area contributed by atoms with E-state index < -0.39 is 0 Å². The third kappa shape index (κ3) is 5.14. The van der Waals surface area contributed by atoms with Crippen molar-refractivity contribution in [2.45, 2.75) is 77.0 Å². The molecule has 4 nitrogen and oxygen atoms in total. The van der Waals surface area contributed by atoms with E-state index in [0.29, 0.717) is 12.1 Å². The first-order valence-electron chi connectivity index (χ1n) is 10.2. The average Bonchev–Trinajstić information content (AvgIpc) is 2.65. The van der Waals surface area contributed by atoms with Crippen LogP contribution in [0.3, 0.4) is 0 Å². The number of ether oxygens (including phenoxy) is 1. The molecule has 1 saturated heterocycles. The van der Waals surface area contributed by atoms with Crippen molar-refractivity contribution in [1.82, 2.24) is 4.90 Å². The van der Waals surface area contributed by atoms with Gasteiger partial charge in [-0.25, -0.2) is 0 Å². The van der Waals surface area contributed by atoms with Crippen LogP contribution in [-0.2, 0) is 4.74 Å². The number of likely N-dealkylation sites (tertiary alicyclic amines) is 1. The molecule has 1 heterocycles. The Kier molecular flexibility index (Phi) is 7.24. The van der Waals surface area contributed by atoms with Crippen molar-refractivity contribution >= 4 is 27.3 Å². The second-order valence-electron chi connectivity index (χ2n) is 7.94. The molecule has 1 aromatic carbocycles. The molecule has 2 aliphatic rings. The van der Waals surface area contributed by atoms with Gasteiger partial charge in [0, 0.05) is 36.3 Å². The minimum atomic E-state index is 0.508. The van der Waals surface area contributed by atoms with Gasteiger partial charge in [-0.2, -0.15) is 0 Å². The number of nitrogens with one attached hydrogen (secondary N) is 1. The quantitative estimate of drug-likeness (QED) is 0.635. The lowest BCUT2D eigenvalue weighted by Gasteiger charge is -2.41. The van der Waals surface area contributed by atoms with Crippen molar-refractivity contribution in [2.75, 3.05) is 30.7 Å². The lowest BCUT2D eigenvalue weighted by Crippen LogP contribution is -2.46. The topological polar surface area (TPSA) is 50.5 Å². The van der Waals surface area contributed by atoms with E-state index in [1.54, 1.807) is 0 Å². The number of anilines is 2. The summed E-state index contributed by atoms with van der Waals surface area (Å²) in [6.07, 6.45) is 9.08. The van der Waals surface area contributed by atoms with E-state index in [4.69, 9.17) is 10.5 Å². The molecule has 1 aromatic rings. The van der Waals surface area contributed by atoms with Crippen LogP contribution in [-0.4, -0.2) is 42.8 Å². The summed E-state index contributed by atoms with van der Waals surface area (Å²) in [6, 6.07) is 5.44. The molecule has 5 heteroatoms. The molecule has 0 atom stereocenters. The minimum Gasteiger partial charge on any atom is -0.397 e. The van der Waals surface area contributed by atoms with Crippen LogP contribution in [0.5, 0.6) is 0 Å². The fraction of sp³-hybridized carbons (Fsp3) is 0.714. The van der Waals surface area contributed by atoms with Gasteiger partial charge in [0.05, 0.1) is 17.5 Å². The van der Waals surface area contributed by atoms with Gasteiger partial charge in [0.25, 0.3) is 0 Å². The molecule has 0 amide bonds. The van der Waals surface area contributed by atoms with E-state index in [-0.39, 0.29) is 0 Å². The maximum atomic E-state index is 6.19. The van der Waals surface area contributed by atoms with Crippen LogP contribution in [0.2, 0.25) is 0 Å². The van der Waals surface area contributed by atoms with Gasteiger partial charge >= 0.3 is 0 Å². The second kappa shape index (κ2) is 9.43. The molecule has 0 aromatic heterocycles. The van der Waals surface area contributed by atoms with Crippen LogP contribution < -0.4 is 11.1 Å². The molecule has 1 saturated carbocycles. The maximum absolute atomic E-state index is 6.19. The lowest BCUT2D eigenvalue weighted by atomic mass is 9.90. The molecule has 1 aliphatic carbocycles. The number of piperidine rings is 1. The summed E-state index contributed by atoms with van der Waals surface area (Å²) >= 11 is 3.61. The van der Waals surface area contributed by atoms with Crippen molar-refractivity contribution in [3.63, 3.8) is 0 Å². The summed E-state index contributed by atoms with van der Waals surface area (Å²) in [7, 11) is 0. The predicted molar refractivity (Wildman–Crippen MR) is 114 cm³/mol. The molecule has 2 fully saturated rings. The van der Waals surface area contributed by atoms with E-state index in [1.807, 2.05) is 6.07 Å². The van der Waals surface area contributed by atoms with Crippen molar-refractivity contribution < 1.29 is 4.74 Å². The number of aryl methyl sites for hydroxylation is 1. The monoisotopic (exact) mass is 423 g/mol. The molecule has 26 heavy (non-hydrogen) atoms. The molecular weight excluding hydrogens is 390 g/mol. The normalized spacial score (nSPS) is 25.3. The highest BCUT2D eigenvalue weighted by Crippen LogP contribution is 2.31. The smallest absolute Gasteiger partial charge is 0.0587 e. The first kappa shape index (κ1) is 20.0. The molecule has 146 valence electrons. The third-order valence-corrected chi connectivity index (χ3v) is 6.79. The van der Waals surface area contributed by atoms with Gasteiger partial charge in [0.2, 0.25) is 0 Å². The minimum absolute atomic E-state index is 0.508. The Morgan fingerprint density at radius 2 is 1.85 bits per heavy atom. The summed E-state index contributed by atoms with van der Waals surface area (Å²) in [5.74, 6) is 0. The van der Waals surface area contributed by atoms with Gasteiger partial charge in [-0.05, 0) is 69.6 Å². The van der Waals surface area contributed by atoms with E-state index >= 15 is 0 Å². The van der Waals surface area contributed by atoms with Crippen molar-refractivity contribution in [3.8, 4) is 0 Å². The zero-order valence-corrected chi connectivity index (χ0v) is 17.9. The van der Waals surface area contributed by atoms with Gasteiger partial charge < -0.3 is 20.7 Å². The van der Waals surface area contributed by atoms with E-state index in [0.717, 1.165) is 34.9 Å². The zero-order valence-electron chi connectivity index (χ0n) is 16.3.